The summed E-state index contributed by atoms with van der Waals surface area (Å²) in [4.78, 5) is 4.17. The molecule has 1 rings (SSSR count). The van der Waals surface area contributed by atoms with Crippen LogP contribution in [0.1, 0.15) is 51.9 Å². The average Bonchev–Trinajstić information content (AvgIpc) is 2.48. The fourth-order valence-electron chi connectivity index (χ4n) is 2.88. The summed E-state index contributed by atoms with van der Waals surface area (Å²) in [6, 6.07) is 0.371. The molecule has 0 radical (unpaired) electrons. The predicted molar refractivity (Wildman–Crippen MR) is 108 cm³/mol. The maximum atomic E-state index is 11.0. The topological polar surface area (TPSA) is 82.6 Å². The van der Waals surface area contributed by atoms with Crippen LogP contribution in [0.3, 0.4) is 0 Å². The second-order valence-corrected chi connectivity index (χ2v) is 8.13. The summed E-state index contributed by atoms with van der Waals surface area (Å²) in [7, 11) is -1.39. The summed E-state index contributed by atoms with van der Waals surface area (Å²) in [5, 5.41) is 6.49. The first-order valence-corrected chi connectivity index (χ1v) is 10.2. The molecule has 0 saturated heterocycles. The second kappa shape index (κ2) is 12.3. The first-order chi connectivity index (χ1) is 10.4. The summed E-state index contributed by atoms with van der Waals surface area (Å²) in [5.41, 5.74) is 0. The van der Waals surface area contributed by atoms with Gasteiger partial charge in [0.2, 0.25) is 10.0 Å². The van der Waals surface area contributed by atoms with E-state index in [1.165, 1.54) is 38.5 Å². The van der Waals surface area contributed by atoms with Crippen molar-refractivity contribution in [3.8, 4) is 0 Å². The first-order valence-electron chi connectivity index (χ1n) is 8.32. The minimum atomic E-state index is -3.12. The number of nitrogens with zero attached hydrogens (tertiary/aromatic N) is 1. The number of halogens is 1. The largest absolute Gasteiger partial charge is 0.355 e. The predicted octanol–water partition coefficient (Wildman–Crippen LogP) is 2.07. The van der Waals surface area contributed by atoms with Crippen LogP contribution in [-0.2, 0) is 10.0 Å². The molecule has 1 atom stereocenters. The number of hydrogen-bond acceptors (Lipinski definition) is 3. The average molecular weight is 460 g/mol. The minimum absolute atomic E-state index is 0. The number of nitrogens with one attached hydrogen (secondary N) is 3. The van der Waals surface area contributed by atoms with E-state index in [4.69, 9.17) is 0 Å². The number of guanidine groups is 1. The van der Waals surface area contributed by atoms with Gasteiger partial charge in [-0.3, -0.25) is 4.99 Å². The molecule has 0 spiro atoms. The van der Waals surface area contributed by atoms with E-state index in [-0.39, 0.29) is 24.0 Å². The fourth-order valence-corrected chi connectivity index (χ4v) is 3.35. The van der Waals surface area contributed by atoms with Gasteiger partial charge < -0.3 is 10.6 Å². The summed E-state index contributed by atoms with van der Waals surface area (Å²) in [6.07, 6.45) is 10.5. The Bertz CT molecular complexity index is 437. The molecule has 0 aromatic carbocycles. The first kappa shape index (κ1) is 22.9. The highest BCUT2D eigenvalue weighted by Gasteiger charge is 2.14. The van der Waals surface area contributed by atoms with E-state index in [9.17, 15) is 8.42 Å². The van der Waals surface area contributed by atoms with Crippen LogP contribution in [0.25, 0.3) is 0 Å². The molecule has 6 nitrogen and oxygen atoms in total. The van der Waals surface area contributed by atoms with Gasteiger partial charge in [-0.15, -0.1) is 24.0 Å². The third-order valence-corrected chi connectivity index (χ3v) is 4.85. The zero-order chi connectivity index (χ0) is 16.4. The van der Waals surface area contributed by atoms with Crippen molar-refractivity contribution in [3.63, 3.8) is 0 Å². The molecule has 1 saturated carbocycles. The Hall–Kier alpha value is -0.0900. The van der Waals surface area contributed by atoms with Gasteiger partial charge in [0.05, 0.1) is 6.26 Å². The fraction of sp³-hybridized carbons (Fsp3) is 0.933. The van der Waals surface area contributed by atoms with Crippen LogP contribution in [0.5, 0.6) is 0 Å². The van der Waals surface area contributed by atoms with Crippen molar-refractivity contribution in [1.82, 2.24) is 15.4 Å². The molecule has 0 bridgehead atoms. The van der Waals surface area contributed by atoms with Gasteiger partial charge in [0.1, 0.15) is 0 Å². The van der Waals surface area contributed by atoms with Crippen LogP contribution in [0, 0.1) is 5.92 Å². The summed E-state index contributed by atoms with van der Waals surface area (Å²) in [6.45, 7) is 3.04. The van der Waals surface area contributed by atoms with E-state index in [0.29, 0.717) is 19.1 Å². The minimum Gasteiger partial charge on any atom is -0.355 e. The lowest BCUT2D eigenvalue weighted by Gasteiger charge is -2.24. The van der Waals surface area contributed by atoms with Gasteiger partial charge >= 0.3 is 0 Å². The SMILES string of the molecule is CN=C(NCCNS(C)(=O)=O)NC(C)CCC1CCCCC1.I. The third-order valence-electron chi connectivity index (χ3n) is 4.12. The summed E-state index contributed by atoms with van der Waals surface area (Å²) < 4.78 is 24.4. The van der Waals surface area contributed by atoms with Crippen LogP contribution in [-0.4, -0.2) is 46.8 Å². The summed E-state index contributed by atoms with van der Waals surface area (Å²) >= 11 is 0. The van der Waals surface area contributed by atoms with E-state index in [1.54, 1.807) is 7.05 Å². The molecule has 23 heavy (non-hydrogen) atoms. The van der Waals surface area contributed by atoms with Crippen molar-refractivity contribution >= 4 is 40.0 Å². The standard InChI is InChI=1S/C15H32N4O2S.HI/c1-13(9-10-14-7-5-4-6-8-14)19-15(16-2)17-11-12-18-22(3,20)21;/h13-14,18H,4-12H2,1-3H3,(H2,16,17,19);1H. The molecule has 138 valence electrons. The molecular weight excluding hydrogens is 427 g/mol. The normalized spacial score (nSPS) is 18.1. The van der Waals surface area contributed by atoms with Crippen LogP contribution < -0.4 is 15.4 Å². The van der Waals surface area contributed by atoms with E-state index in [0.717, 1.165) is 24.6 Å². The smallest absolute Gasteiger partial charge is 0.208 e. The zero-order valence-corrected chi connectivity index (χ0v) is 17.7. The molecular formula is C15H33IN4O2S. The molecule has 1 aliphatic carbocycles. The number of sulfonamides is 1. The van der Waals surface area contributed by atoms with E-state index in [1.807, 2.05) is 0 Å². The third kappa shape index (κ3) is 12.0. The zero-order valence-electron chi connectivity index (χ0n) is 14.6. The molecule has 0 aromatic heterocycles. The van der Waals surface area contributed by atoms with Gasteiger partial charge in [-0.05, 0) is 25.7 Å². The molecule has 1 aliphatic rings. The molecule has 1 fully saturated rings. The Morgan fingerprint density at radius 3 is 2.43 bits per heavy atom. The van der Waals surface area contributed by atoms with E-state index < -0.39 is 10.0 Å². The molecule has 0 aromatic rings. The van der Waals surface area contributed by atoms with Gasteiger partial charge in [-0.1, -0.05) is 32.1 Å². The lowest BCUT2D eigenvalue weighted by Crippen LogP contribution is -2.44. The molecule has 0 heterocycles. The van der Waals surface area contributed by atoms with Crippen molar-refractivity contribution < 1.29 is 8.42 Å². The van der Waals surface area contributed by atoms with E-state index in [2.05, 4.69) is 27.3 Å². The molecule has 0 amide bonds. The van der Waals surface area contributed by atoms with Gasteiger partial charge in [0.25, 0.3) is 0 Å². The number of rotatable bonds is 8. The summed E-state index contributed by atoms with van der Waals surface area (Å²) in [5.74, 6) is 1.62. The number of hydrogen-bond donors (Lipinski definition) is 3. The van der Waals surface area contributed by atoms with Gasteiger partial charge in [0.15, 0.2) is 5.96 Å². The van der Waals surface area contributed by atoms with Crippen LogP contribution in [0.15, 0.2) is 4.99 Å². The molecule has 3 N–H and O–H groups in total. The molecule has 1 unspecified atom stereocenters. The van der Waals surface area contributed by atoms with Crippen molar-refractivity contribution in [2.75, 3.05) is 26.4 Å². The van der Waals surface area contributed by atoms with E-state index >= 15 is 0 Å². The Morgan fingerprint density at radius 1 is 1.22 bits per heavy atom. The Labute approximate surface area is 158 Å². The lowest BCUT2D eigenvalue weighted by atomic mass is 9.85. The van der Waals surface area contributed by atoms with Gasteiger partial charge in [-0.25, -0.2) is 13.1 Å². The van der Waals surface area contributed by atoms with Crippen molar-refractivity contribution in [2.24, 2.45) is 10.9 Å². The van der Waals surface area contributed by atoms with Gasteiger partial charge in [0, 0.05) is 26.2 Å². The van der Waals surface area contributed by atoms with Crippen LogP contribution in [0.2, 0.25) is 0 Å². The van der Waals surface area contributed by atoms with Crippen molar-refractivity contribution in [3.05, 3.63) is 0 Å². The van der Waals surface area contributed by atoms with Crippen molar-refractivity contribution in [2.45, 2.75) is 57.9 Å². The highest BCUT2D eigenvalue weighted by atomic mass is 127. The Morgan fingerprint density at radius 2 is 1.87 bits per heavy atom. The Kier molecular flexibility index (Phi) is 12.2. The molecule has 0 aliphatic heterocycles. The van der Waals surface area contributed by atoms with Crippen LogP contribution >= 0.6 is 24.0 Å². The lowest BCUT2D eigenvalue weighted by molar-refractivity contribution is 0.322. The quantitative estimate of drug-likeness (QED) is 0.224. The maximum Gasteiger partial charge on any atom is 0.208 e. The molecule has 8 heteroatoms. The highest BCUT2D eigenvalue weighted by Crippen LogP contribution is 2.27. The second-order valence-electron chi connectivity index (χ2n) is 6.29. The van der Waals surface area contributed by atoms with Gasteiger partial charge in [-0.2, -0.15) is 0 Å². The van der Waals surface area contributed by atoms with Crippen LogP contribution in [0.4, 0.5) is 0 Å². The van der Waals surface area contributed by atoms with Crippen molar-refractivity contribution in [1.29, 1.82) is 0 Å². The number of aliphatic imine (C=N–C) groups is 1. The maximum absolute atomic E-state index is 11.0. The monoisotopic (exact) mass is 460 g/mol. The highest BCUT2D eigenvalue weighted by molar-refractivity contribution is 14.0. The Balaban J connectivity index is 0.00000484.